The number of ether oxygens (including phenoxy) is 1. The van der Waals surface area contributed by atoms with E-state index in [2.05, 4.69) is 15.6 Å². The third kappa shape index (κ3) is 4.09. The van der Waals surface area contributed by atoms with Gasteiger partial charge in [-0.05, 0) is 30.5 Å². The standard InChI is InChI=1S/C19H18N4O4S/c1-12(20-21-18(25)15-9-6-10-28-15)17-14(11-16(24)27-2)22-23(19(17)26)13-7-4-3-5-8-13/h3-10,22H,11H2,1-2H3,(H,21,25). The Labute approximate surface area is 164 Å². The van der Waals surface area contributed by atoms with Crippen molar-refractivity contribution >= 4 is 28.9 Å². The molecule has 0 saturated heterocycles. The number of para-hydroxylation sites is 1. The monoisotopic (exact) mass is 398 g/mol. The van der Waals surface area contributed by atoms with Crippen LogP contribution in [-0.4, -0.2) is 34.5 Å². The molecule has 1 aromatic carbocycles. The molecule has 0 spiro atoms. The Kier molecular flexibility index (Phi) is 5.85. The number of nitrogens with zero attached hydrogens (tertiary/aromatic N) is 2. The number of amides is 1. The zero-order chi connectivity index (χ0) is 20.1. The van der Waals surface area contributed by atoms with Crippen LogP contribution in [0, 0.1) is 0 Å². The highest BCUT2D eigenvalue weighted by atomic mass is 32.1. The summed E-state index contributed by atoms with van der Waals surface area (Å²) in [4.78, 5) is 37.3. The van der Waals surface area contributed by atoms with Gasteiger partial charge in [-0.15, -0.1) is 11.3 Å². The quantitative estimate of drug-likeness (QED) is 0.377. The normalized spacial score (nSPS) is 11.3. The molecule has 3 aromatic rings. The molecule has 28 heavy (non-hydrogen) atoms. The average molecular weight is 398 g/mol. The highest BCUT2D eigenvalue weighted by molar-refractivity contribution is 7.12. The van der Waals surface area contributed by atoms with Crippen LogP contribution in [0.15, 0.2) is 57.7 Å². The maximum absolute atomic E-state index is 13.0. The van der Waals surface area contributed by atoms with Gasteiger partial charge in [0.1, 0.15) is 0 Å². The Morgan fingerprint density at radius 3 is 2.61 bits per heavy atom. The molecule has 0 atom stereocenters. The lowest BCUT2D eigenvalue weighted by Crippen LogP contribution is -2.23. The van der Waals surface area contributed by atoms with Crippen molar-refractivity contribution in [3.8, 4) is 5.69 Å². The number of methoxy groups -OCH3 is 1. The zero-order valence-corrected chi connectivity index (χ0v) is 16.1. The number of esters is 1. The van der Waals surface area contributed by atoms with E-state index in [1.165, 1.54) is 23.1 Å². The largest absolute Gasteiger partial charge is 0.469 e. The van der Waals surface area contributed by atoms with Crippen LogP contribution in [0.3, 0.4) is 0 Å². The highest BCUT2D eigenvalue weighted by Crippen LogP contribution is 2.11. The summed E-state index contributed by atoms with van der Waals surface area (Å²) in [7, 11) is 1.27. The molecule has 2 heterocycles. The second-order valence-corrected chi connectivity index (χ2v) is 6.76. The second kappa shape index (κ2) is 8.49. The maximum Gasteiger partial charge on any atom is 0.311 e. The number of hydrogen-bond donors (Lipinski definition) is 2. The van der Waals surface area contributed by atoms with Gasteiger partial charge in [0.25, 0.3) is 11.5 Å². The molecule has 0 radical (unpaired) electrons. The summed E-state index contributed by atoms with van der Waals surface area (Å²) in [5.74, 6) is -0.874. The Morgan fingerprint density at radius 2 is 1.96 bits per heavy atom. The van der Waals surface area contributed by atoms with E-state index in [4.69, 9.17) is 4.74 Å². The van der Waals surface area contributed by atoms with Gasteiger partial charge in [0.2, 0.25) is 0 Å². The van der Waals surface area contributed by atoms with Crippen LogP contribution in [0.2, 0.25) is 0 Å². The van der Waals surface area contributed by atoms with Crippen molar-refractivity contribution in [2.24, 2.45) is 5.10 Å². The third-order valence-electron chi connectivity index (χ3n) is 3.96. The molecule has 0 saturated carbocycles. The molecule has 0 aliphatic rings. The number of carbonyl (C=O) groups is 2. The fraction of sp³-hybridized carbons (Fsp3) is 0.158. The lowest BCUT2D eigenvalue weighted by molar-refractivity contribution is -0.139. The summed E-state index contributed by atoms with van der Waals surface area (Å²) in [6, 6.07) is 12.4. The van der Waals surface area contributed by atoms with Gasteiger partial charge in [0.05, 0.1) is 41.1 Å². The van der Waals surface area contributed by atoms with Gasteiger partial charge in [-0.25, -0.2) is 10.1 Å². The van der Waals surface area contributed by atoms with E-state index in [0.29, 0.717) is 16.3 Å². The van der Waals surface area contributed by atoms with Crippen LogP contribution in [0.25, 0.3) is 5.69 Å². The molecule has 0 aliphatic heterocycles. The molecule has 9 heteroatoms. The molecule has 3 rings (SSSR count). The average Bonchev–Trinajstić information content (AvgIpc) is 3.35. The number of aromatic amines is 1. The molecular formula is C19H18N4O4S. The molecular weight excluding hydrogens is 380 g/mol. The van der Waals surface area contributed by atoms with Gasteiger partial charge >= 0.3 is 5.97 Å². The number of nitrogens with one attached hydrogen (secondary N) is 2. The molecule has 144 valence electrons. The smallest absolute Gasteiger partial charge is 0.311 e. The van der Waals surface area contributed by atoms with E-state index in [9.17, 15) is 14.4 Å². The van der Waals surface area contributed by atoms with E-state index >= 15 is 0 Å². The van der Waals surface area contributed by atoms with Crippen LogP contribution in [0.1, 0.15) is 27.9 Å². The summed E-state index contributed by atoms with van der Waals surface area (Å²) < 4.78 is 6.04. The number of hydrazone groups is 1. The van der Waals surface area contributed by atoms with E-state index < -0.39 is 5.97 Å². The van der Waals surface area contributed by atoms with E-state index in [-0.39, 0.29) is 29.2 Å². The van der Waals surface area contributed by atoms with Crippen LogP contribution in [0.4, 0.5) is 0 Å². The summed E-state index contributed by atoms with van der Waals surface area (Å²) in [6.07, 6.45) is -0.132. The molecule has 1 amide bonds. The fourth-order valence-corrected chi connectivity index (χ4v) is 3.23. The minimum absolute atomic E-state index is 0.132. The van der Waals surface area contributed by atoms with Crippen molar-refractivity contribution in [2.45, 2.75) is 13.3 Å². The van der Waals surface area contributed by atoms with Crippen molar-refractivity contribution in [2.75, 3.05) is 7.11 Å². The van der Waals surface area contributed by atoms with Crippen molar-refractivity contribution < 1.29 is 14.3 Å². The minimum atomic E-state index is -0.502. The first-order valence-electron chi connectivity index (χ1n) is 8.36. The lowest BCUT2D eigenvalue weighted by Gasteiger charge is -2.02. The van der Waals surface area contributed by atoms with Crippen molar-refractivity contribution in [1.29, 1.82) is 0 Å². The number of carbonyl (C=O) groups excluding carboxylic acids is 2. The lowest BCUT2D eigenvalue weighted by atomic mass is 10.1. The first kappa shape index (κ1) is 19.3. The molecule has 2 N–H and O–H groups in total. The first-order chi connectivity index (χ1) is 13.5. The van der Waals surface area contributed by atoms with Crippen LogP contribution < -0.4 is 11.0 Å². The molecule has 0 fully saturated rings. The van der Waals surface area contributed by atoms with E-state index in [1.54, 1.807) is 48.7 Å². The van der Waals surface area contributed by atoms with Gasteiger partial charge in [0.15, 0.2) is 0 Å². The van der Waals surface area contributed by atoms with Gasteiger partial charge in [-0.2, -0.15) is 5.10 Å². The van der Waals surface area contributed by atoms with E-state index in [0.717, 1.165) is 0 Å². The summed E-state index contributed by atoms with van der Waals surface area (Å²) >= 11 is 1.28. The number of benzene rings is 1. The van der Waals surface area contributed by atoms with Crippen LogP contribution >= 0.6 is 11.3 Å². The number of H-pyrrole nitrogens is 1. The van der Waals surface area contributed by atoms with Gasteiger partial charge in [-0.1, -0.05) is 24.3 Å². The predicted octanol–water partition coefficient (Wildman–Crippen LogP) is 2.10. The number of thiophene rings is 1. The summed E-state index contributed by atoms with van der Waals surface area (Å²) in [6.45, 7) is 1.59. The molecule has 0 bridgehead atoms. The summed E-state index contributed by atoms with van der Waals surface area (Å²) in [5, 5.41) is 8.77. The Morgan fingerprint density at radius 1 is 1.21 bits per heavy atom. The fourth-order valence-electron chi connectivity index (χ4n) is 2.61. The zero-order valence-electron chi connectivity index (χ0n) is 15.3. The van der Waals surface area contributed by atoms with Gasteiger partial charge < -0.3 is 4.74 Å². The maximum atomic E-state index is 13.0. The first-order valence-corrected chi connectivity index (χ1v) is 9.24. The molecule has 0 unspecified atom stereocenters. The summed E-state index contributed by atoms with van der Waals surface area (Å²) in [5.41, 5.74) is 3.51. The highest BCUT2D eigenvalue weighted by Gasteiger charge is 2.20. The topological polar surface area (TPSA) is 106 Å². The van der Waals surface area contributed by atoms with E-state index in [1.807, 2.05) is 6.07 Å². The predicted molar refractivity (Wildman–Crippen MR) is 106 cm³/mol. The van der Waals surface area contributed by atoms with Crippen molar-refractivity contribution in [1.82, 2.24) is 15.2 Å². The van der Waals surface area contributed by atoms with Gasteiger partial charge in [0, 0.05) is 0 Å². The second-order valence-electron chi connectivity index (χ2n) is 5.81. The van der Waals surface area contributed by atoms with Crippen molar-refractivity contribution in [3.63, 3.8) is 0 Å². The van der Waals surface area contributed by atoms with Crippen molar-refractivity contribution in [3.05, 3.63) is 74.3 Å². The molecule has 8 nitrogen and oxygen atoms in total. The minimum Gasteiger partial charge on any atom is -0.469 e. The third-order valence-corrected chi connectivity index (χ3v) is 4.83. The van der Waals surface area contributed by atoms with Gasteiger partial charge in [-0.3, -0.25) is 19.5 Å². The van der Waals surface area contributed by atoms with Crippen LogP contribution in [0.5, 0.6) is 0 Å². The number of rotatable bonds is 6. The number of aromatic nitrogens is 2. The number of hydrogen-bond acceptors (Lipinski definition) is 6. The Balaban J connectivity index is 1.98. The SMILES string of the molecule is COC(=O)Cc1[nH]n(-c2ccccc2)c(=O)c1C(C)=NNC(=O)c1cccs1. The molecule has 2 aromatic heterocycles. The molecule has 0 aliphatic carbocycles. The van der Waals surface area contributed by atoms with Crippen LogP contribution in [-0.2, 0) is 16.0 Å². The Bertz CT molecular complexity index is 1070. The Hall–Kier alpha value is -3.46.